The van der Waals surface area contributed by atoms with Crippen molar-refractivity contribution >= 4 is 17.6 Å². The summed E-state index contributed by atoms with van der Waals surface area (Å²) in [5, 5.41) is 16.2. The van der Waals surface area contributed by atoms with Crippen LogP contribution < -0.4 is 10.6 Å². The van der Waals surface area contributed by atoms with E-state index in [1.165, 1.54) is 0 Å². The SMILES string of the molecule is C[C@@](O)(CNC(=O)NCc1ccc(Cl)cc1)C1CC1. The Hall–Kier alpha value is -1.26. The summed E-state index contributed by atoms with van der Waals surface area (Å²) < 4.78 is 0. The van der Waals surface area contributed by atoms with Crippen LogP contribution in [0, 0.1) is 5.92 Å². The highest BCUT2D eigenvalue weighted by Crippen LogP contribution is 2.38. The van der Waals surface area contributed by atoms with Crippen molar-refractivity contribution in [1.29, 1.82) is 0 Å². The Bertz CT molecular complexity index is 441. The fourth-order valence-corrected chi connectivity index (χ4v) is 2.08. The Morgan fingerprint density at radius 2 is 2.00 bits per heavy atom. The molecule has 0 spiro atoms. The second kappa shape index (κ2) is 5.80. The summed E-state index contributed by atoms with van der Waals surface area (Å²) in [6.07, 6.45) is 2.09. The van der Waals surface area contributed by atoms with E-state index in [1.54, 1.807) is 19.1 Å². The molecule has 19 heavy (non-hydrogen) atoms. The topological polar surface area (TPSA) is 61.4 Å². The molecule has 104 valence electrons. The summed E-state index contributed by atoms with van der Waals surface area (Å²) in [7, 11) is 0. The molecule has 2 amide bonds. The predicted octanol–water partition coefficient (Wildman–Crippen LogP) is 2.30. The average Bonchev–Trinajstić information content (AvgIpc) is 3.20. The summed E-state index contributed by atoms with van der Waals surface area (Å²) in [5.41, 5.74) is 0.186. The minimum absolute atomic E-state index is 0.268. The number of benzene rings is 1. The molecule has 0 radical (unpaired) electrons. The first-order valence-electron chi connectivity index (χ1n) is 6.46. The summed E-state index contributed by atoms with van der Waals surface area (Å²) in [6.45, 7) is 2.49. The van der Waals surface area contributed by atoms with Crippen molar-refractivity contribution in [3.63, 3.8) is 0 Å². The molecule has 1 fully saturated rings. The first-order valence-corrected chi connectivity index (χ1v) is 6.84. The molecule has 0 bridgehead atoms. The van der Waals surface area contributed by atoms with Gasteiger partial charge in [0.25, 0.3) is 0 Å². The fraction of sp³-hybridized carbons (Fsp3) is 0.500. The normalized spacial score (nSPS) is 17.6. The lowest BCUT2D eigenvalue weighted by molar-refractivity contribution is 0.0394. The van der Waals surface area contributed by atoms with E-state index >= 15 is 0 Å². The van der Waals surface area contributed by atoms with Gasteiger partial charge in [0.1, 0.15) is 0 Å². The van der Waals surface area contributed by atoms with Gasteiger partial charge in [-0.2, -0.15) is 0 Å². The number of hydrogen-bond donors (Lipinski definition) is 3. The molecule has 1 aromatic rings. The van der Waals surface area contributed by atoms with E-state index < -0.39 is 5.60 Å². The summed E-state index contributed by atoms with van der Waals surface area (Å²) in [4.78, 5) is 11.6. The highest BCUT2D eigenvalue weighted by atomic mass is 35.5. The van der Waals surface area contributed by atoms with Crippen LogP contribution in [0.1, 0.15) is 25.3 Å². The standard InChI is InChI=1S/C14H19ClN2O2/c1-14(19,11-4-5-11)9-17-13(18)16-8-10-2-6-12(15)7-3-10/h2-3,6-7,11,19H,4-5,8-9H2,1H3,(H2,16,17,18)/t14-/m1/s1. The number of hydrogen-bond acceptors (Lipinski definition) is 2. The first kappa shape index (κ1) is 14.2. The molecule has 0 aliphatic heterocycles. The quantitative estimate of drug-likeness (QED) is 0.776. The van der Waals surface area contributed by atoms with Gasteiger partial charge in [0.05, 0.1) is 5.60 Å². The zero-order valence-corrected chi connectivity index (χ0v) is 11.7. The maximum absolute atomic E-state index is 11.6. The van der Waals surface area contributed by atoms with E-state index in [9.17, 15) is 9.90 Å². The van der Waals surface area contributed by atoms with Crippen LogP contribution in [0.5, 0.6) is 0 Å². The maximum Gasteiger partial charge on any atom is 0.315 e. The van der Waals surface area contributed by atoms with Gasteiger partial charge < -0.3 is 15.7 Å². The third kappa shape index (κ3) is 4.40. The minimum atomic E-state index is -0.794. The number of aliphatic hydroxyl groups is 1. The number of halogens is 1. The molecule has 1 aliphatic carbocycles. The number of nitrogens with one attached hydrogen (secondary N) is 2. The van der Waals surface area contributed by atoms with Crippen molar-refractivity contribution in [2.24, 2.45) is 5.92 Å². The highest BCUT2D eigenvalue weighted by Gasteiger charge is 2.39. The number of rotatable bonds is 5. The molecule has 1 saturated carbocycles. The van der Waals surface area contributed by atoms with Gasteiger partial charge in [-0.05, 0) is 43.4 Å². The van der Waals surface area contributed by atoms with Crippen LogP contribution in [0.15, 0.2) is 24.3 Å². The van der Waals surface area contributed by atoms with Crippen molar-refractivity contribution in [2.75, 3.05) is 6.54 Å². The summed E-state index contributed by atoms with van der Waals surface area (Å²) in [5.74, 6) is 0.323. The lowest BCUT2D eigenvalue weighted by atomic mass is 10.0. The Labute approximate surface area is 118 Å². The monoisotopic (exact) mass is 282 g/mol. The van der Waals surface area contributed by atoms with Crippen molar-refractivity contribution in [1.82, 2.24) is 10.6 Å². The van der Waals surface area contributed by atoms with Crippen LogP contribution in [0.4, 0.5) is 4.79 Å². The minimum Gasteiger partial charge on any atom is -0.388 e. The van der Waals surface area contributed by atoms with Crippen LogP contribution in [0.25, 0.3) is 0 Å². The van der Waals surface area contributed by atoms with E-state index in [1.807, 2.05) is 12.1 Å². The van der Waals surface area contributed by atoms with Gasteiger partial charge in [0, 0.05) is 18.1 Å². The van der Waals surface area contributed by atoms with Gasteiger partial charge in [-0.1, -0.05) is 23.7 Å². The number of carbonyl (C=O) groups excluding carboxylic acids is 1. The van der Waals surface area contributed by atoms with Crippen molar-refractivity contribution in [2.45, 2.75) is 31.9 Å². The molecular formula is C14H19ClN2O2. The largest absolute Gasteiger partial charge is 0.388 e. The Morgan fingerprint density at radius 3 is 2.58 bits per heavy atom. The first-order chi connectivity index (χ1) is 8.97. The molecule has 3 N–H and O–H groups in total. The predicted molar refractivity (Wildman–Crippen MR) is 75.0 cm³/mol. The zero-order valence-electron chi connectivity index (χ0n) is 10.9. The van der Waals surface area contributed by atoms with Crippen LogP contribution in [-0.4, -0.2) is 23.3 Å². The molecule has 1 aromatic carbocycles. The van der Waals surface area contributed by atoms with Gasteiger partial charge in [0.2, 0.25) is 0 Å². The van der Waals surface area contributed by atoms with Gasteiger partial charge >= 0.3 is 6.03 Å². The fourth-order valence-electron chi connectivity index (χ4n) is 1.96. The molecule has 0 unspecified atom stereocenters. The van der Waals surface area contributed by atoms with E-state index in [-0.39, 0.29) is 12.6 Å². The third-order valence-electron chi connectivity index (χ3n) is 3.43. The van der Waals surface area contributed by atoms with Crippen LogP contribution >= 0.6 is 11.6 Å². The second-order valence-corrected chi connectivity index (χ2v) is 5.73. The smallest absolute Gasteiger partial charge is 0.315 e. The molecule has 5 heteroatoms. The lowest BCUT2D eigenvalue weighted by Crippen LogP contribution is -2.45. The van der Waals surface area contributed by atoms with E-state index in [0.717, 1.165) is 18.4 Å². The molecule has 2 rings (SSSR count). The number of carbonyl (C=O) groups is 1. The molecule has 0 saturated heterocycles. The Morgan fingerprint density at radius 1 is 1.37 bits per heavy atom. The van der Waals surface area contributed by atoms with Gasteiger partial charge in [-0.25, -0.2) is 4.79 Å². The van der Waals surface area contributed by atoms with Gasteiger partial charge in [-0.3, -0.25) is 0 Å². The highest BCUT2D eigenvalue weighted by molar-refractivity contribution is 6.30. The Kier molecular flexibility index (Phi) is 4.32. The van der Waals surface area contributed by atoms with Gasteiger partial charge in [0.15, 0.2) is 0 Å². The second-order valence-electron chi connectivity index (χ2n) is 5.29. The number of amides is 2. The van der Waals surface area contributed by atoms with Crippen LogP contribution in [0.3, 0.4) is 0 Å². The van der Waals surface area contributed by atoms with Crippen molar-refractivity contribution in [3.05, 3.63) is 34.9 Å². The van der Waals surface area contributed by atoms with E-state index in [2.05, 4.69) is 10.6 Å². The van der Waals surface area contributed by atoms with Crippen molar-refractivity contribution in [3.8, 4) is 0 Å². The average molecular weight is 283 g/mol. The molecule has 0 heterocycles. The molecular weight excluding hydrogens is 264 g/mol. The zero-order chi connectivity index (χ0) is 13.9. The van der Waals surface area contributed by atoms with Crippen LogP contribution in [-0.2, 0) is 6.54 Å². The Balaban J connectivity index is 1.71. The lowest BCUT2D eigenvalue weighted by Gasteiger charge is -2.23. The summed E-state index contributed by atoms with van der Waals surface area (Å²) >= 11 is 5.78. The van der Waals surface area contributed by atoms with Crippen molar-refractivity contribution < 1.29 is 9.90 Å². The summed E-state index contributed by atoms with van der Waals surface area (Å²) in [6, 6.07) is 7.03. The molecule has 1 aliphatic rings. The van der Waals surface area contributed by atoms with Gasteiger partial charge in [-0.15, -0.1) is 0 Å². The maximum atomic E-state index is 11.6. The molecule has 1 atom stereocenters. The number of urea groups is 1. The van der Waals surface area contributed by atoms with E-state index in [0.29, 0.717) is 17.5 Å². The molecule has 0 aromatic heterocycles. The third-order valence-corrected chi connectivity index (χ3v) is 3.68. The molecule has 4 nitrogen and oxygen atoms in total. The van der Waals surface area contributed by atoms with E-state index in [4.69, 9.17) is 11.6 Å². The van der Waals surface area contributed by atoms with Crippen LogP contribution in [0.2, 0.25) is 5.02 Å².